The number of amides is 1. The second-order valence-electron chi connectivity index (χ2n) is 6.23. The summed E-state index contributed by atoms with van der Waals surface area (Å²) >= 11 is 0. The van der Waals surface area contributed by atoms with Crippen LogP contribution < -0.4 is 0 Å². The number of rotatable bonds is 1. The van der Waals surface area contributed by atoms with Gasteiger partial charge < -0.3 is 14.8 Å². The van der Waals surface area contributed by atoms with Crippen molar-refractivity contribution >= 4 is 11.8 Å². The van der Waals surface area contributed by atoms with Crippen molar-refractivity contribution in [2.75, 3.05) is 13.1 Å². The number of hydrogen-bond donors (Lipinski definition) is 1. The van der Waals surface area contributed by atoms with Crippen LogP contribution in [0.1, 0.15) is 38.7 Å². The van der Waals surface area contributed by atoms with Crippen LogP contribution in [-0.2, 0) is 4.74 Å². The number of benzene rings is 1. The highest BCUT2D eigenvalue weighted by Gasteiger charge is 2.32. The highest BCUT2D eigenvalue weighted by Crippen LogP contribution is 2.26. The van der Waals surface area contributed by atoms with Crippen LogP contribution in [0, 0.1) is 0 Å². The van der Waals surface area contributed by atoms with E-state index in [9.17, 15) is 10.0 Å². The summed E-state index contributed by atoms with van der Waals surface area (Å²) in [5.41, 5.74) is 1.24. The Balaban J connectivity index is 2.14. The molecule has 1 heterocycles. The molecule has 1 saturated heterocycles. The summed E-state index contributed by atoms with van der Waals surface area (Å²) in [5.74, 6) is -0.0857. The predicted molar refractivity (Wildman–Crippen MR) is 80.8 cm³/mol. The van der Waals surface area contributed by atoms with Gasteiger partial charge in [0.05, 0.1) is 5.71 Å². The molecule has 5 nitrogen and oxygen atoms in total. The molecule has 5 heteroatoms. The van der Waals surface area contributed by atoms with E-state index in [-0.39, 0.29) is 12.0 Å². The molecule has 1 aliphatic heterocycles. The number of ether oxygens (including phenoxy) is 1. The zero-order chi connectivity index (χ0) is 15.5. The van der Waals surface area contributed by atoms with Crippen LogP contribution in [0.4, 0.5) is 4.79 Å². The van der Waals surface area contributed by atoms with Crippen LogP contribution in [0.2, 0.25) is 0 Å². The molecule has 1 aromatic carbocycles. The number of carbonyl (C=O) groups is 1. The lowest BCUT2D eigenvalue weighted by Gasteiger charge is -2.34. The van der Waals surface area contributed by atoms with Gasteiger partial charge in [-0.15, -0.1) is 0 Å². The van der Waals surface area contributed by atoms with E-state index in [2.05, 4.69) is 5.16 Å². The number of hydrogen-bond acceptors (Lipinski definition) is 4. The Hall–Kier alpha value is -2.04. The van der Waals surface area contributed by atoms with E-state index in [1.165, 1.54) is 0 Å². The van der Waals surface area contributed by atoms with Crippen molar-refractivity contribution < 1.29 is 14.7 Å². The summed E-state index contributed by atoms with van der Waals surface area (Å²) in [6, 6.07) is 9.78. The zero-order valence-corrected chi connectivity index (χ0v) is 12.7. The molecule has 0 radical (unpaired) electrons. The molecule has 1 amide bonds. The Labute approximate surface area is 125 Å². The van der Waals surface area contributed by atoms with Crippen molar-refractivity contribution in [2.24, 2.45) is 5.16 Å². The van der Waals surface area contributed by atoms with Crippen molar-refractivity contribution in [3.63, 3.8) is 0 Å². The van der Waals surface area contributed by atoms with Crippen LogP contribution in [0.15, 0.2) is 35.5 Å². The van der Waals surface area contributed by atoms with Crippen LogP contribution in [-0.4, -0.2) is 40.6 Å². The molecule has 1 aromatic rings. The van der Waals surface area contributed by atoms with Crippen LogP contribution in [0.5, 0.6) is 0 Å². The fourth-order valence-corrected chi connectivity index (χ4v) is 2.44. The molecule has 21 heavy (non-hydrogen) atoms. The molecule has 1 unspecified atom stereocenters. The summed E-state index contributed by atoms with van der Waals surface area (Å²) in [6.07, 6.45) is 0.232. The first-order valence-corrected chi connectivity index (χ1v) is 7.14. The molecule has 1 fully saturated rings. The lowest BCUT2D eigenvalue weighted by atomic mass is 9.89. The molecule has 0 spiro atoms. The monoisotopic (exact) mass is 290 g/mol. The van der Waals surface area contributed by atoms with Gasteiger partial charge in [0, 0.05) is 25.4 Å². The van der Waals surface area contributed by atoms with E-state index >= 15 is 0 Å². The second kappa shape index (κ2) is 6.16. The third-order valence-corrected chi connectivity index (χ3v) is 3.43. The third-order valence-electron chi connectivity index (χ3n) is 3.43. The fourth-order valence-electron chi connectivity index (χ4n) is 2.44. The molecule has 0 bridgehead atoms. The lowest BCUT2D eigenvalue weighted by molar-refractivity contribution is 0.0238. The highest BCUT2D eigenvalue weighted by molar-refractivity contribution is 5.92. The Kier molecular flexibility index (Phi) is 4.50. The number of carbonyl (C=O) groups excluding carboxylic acids is 1. The van der Waals surface area contributed by atoms with Gasteiger partial charge in [0.25, 0.3) is 0 Å². The molecule has 0 aromatic heterocycles. The van der Waals surface area contributed by atoms with Gasteiger partial charge in [-0.1, -0.05) is 35.5 Å². The van der Waals surface area contributed by atoms with Gasteiger partial charge >= 0.3 is 6.09 Å². The van der Waals surface area contributed by atoms with E-state index in [4.69, 9.17) is 4.74 Å². The summed E-state index contributed by atoms with van der Waals surface area (Å²) < 4.78 is 5.41. The van der Waals surface area contributed by atoms with Crippen LogP contribution >= 0.6 is 0 Å². The van der Waals surface area contributed by atoms with E-state index in [0.717, 1.165) is 5.56 Å². The molecule has 1 N–H and O–H groups in total. The Morgan fingerprint density at radius 3 is 2.57 bits per heavy atom. The Morgan fingerprint density at radius 2 is 2.00 bits per heavy atom. The van der Waals surface area contributed by atoms with Gasteiger partial charge in [-0.25, -0.2) is 4.79 Å². The first kappa shape index (κ1) is 15.4. The fraction of sp³-hybridized carbons (Fsp3) is 0.500. The predicted octanol–water partition coefficient (Wildman–Crippen LogP) is 3.24. The van der Waals surface area contributed by atoms with Crippen molar-refractivity contribution in [2.45, 2.75) is 38.7 Å². The maximum Gasteiger partial charge on any atom is 0.410 e. The summed E-state index contributed by atoms with van der Waals surface area (Å²) in [4.78, 5) is 13.9. The maximum absolute atomic E-state index is 12.2. The molecule has 0 saturated carbocycles. The van der Waals surface area contributed by atoms with Crippen molar-refractivity contribution in [3.8, 4) is 0 Å². The topological polar surface area (TPSA) is 62.1 Å². The summed E-state index contributed by atoms with van der Waals surface area (Å²) in [7, 11) is 0. The van der Waals surface area contributed by atoms with Crippen molar-refractivity contribution in [1.82, 2.24) is 4.90 Å². The smallest absolute Gasteiger partial charge is 0.410 e. The molecule has 1 aliphatic rings. The normalized spacial score (nSPS) is 21.4. The minimum absolute atomic E-state index is 0.0857. The minimum atomic E-state index is -0.509. The number of piperidine rings is 1. The molecule has 1 atom stereocenters. The van der Waals surface area contributed by atoms with E-state index in [1.807, 2.05) is 51.1 Å². The average molecular weight is 290 g/mol. The Bertz CT molecular complexity index is 520. The largest absolute Gasteiger partial charge is 0.444 e. The number of nitrogens with zero attached hydrogens (tertiary/aromatic N) is 2. The first-order chi connectivity index (χ1) is 9.90. The second-order valence-corrected chi connectivity index (χ2v) is 6.23. The number of likely N-dealkylation sites (tertiary alicyclic amines) is 1. The maximum atomic E-state index is 12.2. The van der Waals surface area contributed by atoms with Gasteiger partial charge in [0.2, 0.25) is 0 Å². The average Bonchev–Trinajstić information content (AvgIpc) is 2.45. The van der Waals surface area contributed by atoms with E-state index in [0.29, 0.717) is 25.2 Å². The summed E-state index contributed by atoms with van der Waals surface area (Å²) in [5, 5.41) is 12.6. The quantitative estimate of drug-likeness (QED) is 0.638. The van der Waals surface area contributed by atoms with Gasteiger partial charge in [-0.3, -0.25) is 0 Å². The molecule has 114 valence electrons. The minimum Gasteiger partial charge on any atom is -0.444 e. The molecule has 2 rings (SSSR count). The van der Waals surface area contributed by atoms with E-state index in [1.54, 1.807) is 4.90 Å². The molecule has 0 aliphatic carbocycles. The lowest BCUT2D eigenvalue weighted by Crippen LogP contribution is -2.45. The van der Waals surface area contributed by atoms with Gasteiger partial charge in [-0.2, -0.15) is 0 Å². The molecular formula is C16H22N2O3. The Morgan fingerprint density at radius 1 is 1.33 bits per heavy atom. The molecular weight excluding hydrogens is 268 g/mol. The first-order valence-electron chi connectivity index (χ1n) is 7.14. The van der Waals surface area contributed by atoms with Crippen LogP contribution in [0.25, 0.3) is 0 Å². The summed E-state index contributed by atoms with van der Waals surface area (Å²) in [6.45, 7) is 6.54. The van der Waals surface area contributed by atoms with Crippen LogP contribution in [0.3, 0.4) is 0 Å². The highest BCUT2D eigenvalue weighted by atomic mass is 16.6. The van der Waals surface area contributed by atoms with Crippen molar-refractivity contribution in [1.29, 1.82) is 0 Å². The van der Waals surface area contributed by atoms with E-state index < -0.39 is 5.60 Å². The van der Waals surface area contributed by atoms with Crippen molar-refractivity contribution in [3.05, 3.63) is 35.9 Å². The number of oxime groups is 1. The standard InChI is InChI=1S/C16H22N2O3/c1-16(2,3)21-15(19)18-10-9-14(17-20)13(11-18)12-7-5-4-6-8-12/h4-8,13,20H,9-11H2,1-3H3. The third kappa shape index (κ3) is 3.97. The SMILES string of the molecule is CC(C)(C)OC(=O)N1CCC(=NO)C(c2ccccc2)C1. The van der Waals surface area contributed by atoms with Gasteiger partial charge in [0.15, 0.2) is 0 Å². The van der Waals surface area contributed by atoms with Gasteiger partial charge in [0.1, 0.15) is 5.60 Å². The van der Waals surface area contributed by atoms with Gasteiger partial charge in [-0.05, 0) is 26.3 Å². The zero-order valence-electron chi connectivity index (χ0n) is 12.7.